The molecule has 3 aromatic rings. The monoisotopic (exact) mass is 498 g/mol. The van der Waals surface area contributed by atoms with Gasteiger partial charge in [0, 0.05) is 42.0 Å². The van der Waals surface area contributed by atoms with E-state index in [1.54, 1.807) is 6.92 Å². The van der Waals surface area contributed by atoms with Gasteiger partial charge in [-0.1, -0.05) is 48.0 Å². The van der Waals surface area contributed by atoms with E-state index in [-0.39, 0.29) is 5.91 Å². The number of hydrogen-bond acceptors (Lipinski definition) is 7. The van der Waals surface area contributed by atoms with E-state index < -0.39 is 0 Å². The van der Waals surface area contributed by atoms with E-state index in [9.17, 15) is 4.79 Å². The molecule has 2 heterocycles. The third-order valence-electron chi connectivity index (χ3n) is 6.26. The molecule has 192 valence electrons. The number of aliphatic imine (C=N–C) groups is 1. The SMILES string of the molecule is CC/C(C)=C/C(=N/C(=C(\C)N)c1noc(-c2ccccc2)n1)c1ccc(C(=O)N2CCCNCC2)cc1. The minimum atomic E-state index is 0.0487. The minimum Gasteiger partial charge on any atom is -0.400 e. The second-order valence-corrected chi connectivity index (χ2v) is 9.14. The summed E-state index contributed by atoms with van der Waals surface area (Å²) in [6.45, 7) is 9.15. The van der Waals surface area contributed by atoms with Crippen LogP contribution in [0.1, 0.15) is 55.4 Å². The Morgan fingerprint density at radius 2 is 1.81 bits per heavy atom. The second-order valence-electron chi connectivity index (χ2n) is 9.14. The van der Waals surface area contributed by atoms with Crippen molar-refractivity contribution in [3.63, 3.8) is 0 Å². The first kappa shape index (κ1) is 26.0. The molecule has 0 unspecified atom stereocenters. The van der Waals surface area contributed by atoms with Crippen molar-refractivity contribution in [2.75, 3.05) is 26.2 Å². The summed E-state index contributed by atoms with van der Waals surface area (Å²) in [6, 6.07) is 17.1. The van der Waals surface area contributed by atoms with Crippen molar-refractivity contribution < 1.29 is 9.32 Å². The molecule has 0 radical (unpaired) electrons. The van der Waals surface area contributed by atoms with Gasteiger partial charge < -0.3 is 20.5 Å². The number of nitrogens with zero attached hydrogens (tertiary/aromatic N) is 4. The van der Waals surface area contributed by atoms with Crippen LogP contribution in [0.2, 0.25) is 0 Å². The van der Waals surface area contributed by atoms with Crippen molar-refractivity contribution in [1.82, 2.24) is 20.4 Å². The van der Waals surface area contributed by atoms with Crippen molar-refractivity contribution in [3.05, 3.63) is 88.9 Å². The smallest absolute Gasteiger partial charge is 0.258 e. The average molecular weight is 499 g/mol. The molecule has 0 spiro atoms. The minimum absolute atomic E-state index is 0.0487. The number of carbonyl (C=O) groups is 1. The van der Waals surface area contributed by atoms with Crippen LogP contribution in [-0.4, -0.2) is 52.8 Å². The molecular formula is C29H34N6O2. The molecule has 1 saturated heterocycles. The lowest BCUT2D eigenvalue weighted by molar-refractivity contribution is 0.0766. The van der Waals surface area contributed by atoms with Crippen molar-refractivity contribution in [3.8, 4) is 11.5 Å². The summed E-state index contributed by atoms with van der Waals surface area (Å²) in [5, 5.41) is 7.49. The van der Waals surface area contributed by atoms with Crippen LogP contribution in [-0.2, 0) is 0 Å². The average Bonchev–Trinajstić information content (AvgIpc) is 3.25. The number of amides is 1. The van der Waals surface area contributed by atoms with Gasteiger partial charge in [0.25, 0.3) is 11.8 Å². The van der Waals surface area contributed by atoms with E-state index >= 15 is 0 Å². The summed E-state index contributed by atoms with van der Waals surface area (Å²) < 4.78 is 5.50. The zero-order chi connectivity index (χ0) is 26.2. The zero-order valence-corrected chi connectivity index (χ0v) is 21.7. The summed E-state index contributed by atoms with van der Waals surface area (Å²) in [6.07, 6.45) is 3.86. The van der Waals surface area contributed by atoms with Gasteiger partial charge in [0.2, 0.25) is 5.82 Å². The molecule has 0 saturated carbocycles. The van der Waals surface area contributed by atoms with Gasteiger partial charge in [-0.05, 0) is 63.6 Å². The number of nitrogens with one attached hydrogen (secondary N) is 1. The normalized spacial score (nSPS) is 15.8. The molecule has 8 heteroatoms. The Balaban J connectivity index is 1.66. The first-order valence-electron chi connectivity index (χ1n) is 12.7. The highest BCUT2D eigenvalue weighted by atomic mass is 16.5. The predicted octanol–water partition coefficient (Wildman–Crippen LogP) is 4.66. The third kappa shape index (κ3) is 6.59. The van der Waals surface area contributed by atoms with Crippen LogP contribution in [0.5, 0.6) is 0 Å². The van der Waals surface area contributed by atoms with Crippen LogP contribution in [0.4, 0.5) is 0 Å². The summed E-state index contributed by atoms with van der Waals surface area (Å²) in [7, 11) is 0. The number of benzene rings is 2. The number of aromatic nitrogens is 2. The van der Waals surface area contributed by atoms with Crippen LogP contribution in [0.3, 0.4) is 0 Å². The van der Waals surface area contributed by atoms with Crippen LogP contribution in [0.25, 0.3) is 17.2 Å². The van der Waals surface area contributed by atoms with Crippen molar-refractivity contribution in [2.24, 2.45) is 10.7 Å². The van der Waals surface area contributed by atoms with Gasteiger partial charge in [-0.2, -0.15) is 4.98 Å². The van der Waals surface area contributed by atoms with Gasteiger partial charge in [-0.15, -0.1) is 0 Å². The summed E-state index contributed by atoms with van der Waals surface area (Å²) >= 11 is 0. The number of hydrogen-bond donors (Lipinski definition) is 2. The number of nitrogens with two attached hydrogens (primary N) is 1. The zero-order valence-electron chi connectivity index (χ0n) is 21.7. The van der Waals surface area contributed by atoms with Crippen molar-refractivity contribution in [1.29, 1.82) is 0 Å². The molecular weight excluding hydrogens is 464 g/mol. The maximum Gasteiger partial charge on any atom is 0.258 e. The highest BCUT2D eigenvalue weighted by Crippen LogP contribution is 2.23. The molecule has 1 fully saturated rings. The van der Waals surface area contributed by atoms with E-state index in [0.29, 0.717) is 40.9 Å². The molecule has 8 nitrogen and oxygen atoms in total. The third-order valence-corrected chi connectivity index (χ3v) is 6.26. The van der Waals surface area contributed by atoms with Crippen LogP contribution in [0, 0.1) is 0 Å². The van der Waals surface area contributed by atoms with E-state index in [0.717, 1.165) is 49.2 Å². The highest BCUT2D eigenvalue weighted by molar-refractivity contribution is 6.11. The first-order valence-corrected chi connectivity index (χ1v) is 12.7. The summed E-state index contributed by atoms with van der Waals surface area (Å²) in [4.78, 5) is 24.4. The maximum atomic E-state index is 13.0. The number of allylic oxidation sites excluding steroid dienone is 3. The van der Waals surface area contributed by atoms with Gasteiger partial charge >= 0.3 is 0 Å². The molecule has 0 atom stereocenters. The van der Waals surface area contributed by atoms with E-state index in [2.05, 4.69) is 29.3 Å². The Labute approximate surface area is 218 Å². The van der Waals surface area contributed by atoms with E-state index in [1.807, 2.05) is 65.6 Å². The number of rotatable bonds is 7. The Hall–Kier alpha value is -4.04. The van der Waals surface area contributed by atoms with E-state index in [1.165, 1.54) is 0 Å². The van der Waals surface area contributed by atoms with Gasteiger partial charge in [0.05, 0.1) is 5.71 Å². The molecule has 0 aliphatic carbocycles. The summed E-state index contributed by atoms with van der Waals surface area (Å²) in [5.41, 5.74) is 11.4. The molecule has 2 aromatic carbocycles. The fraction of sp³-hybridized carbons (Fsp3) is 0.310. The molecule has 1 aliphatic rings. The van der Waals surface area contributed by atoms with Crippen LogP contribution >= 0.6 is 0 Å². The highest BCUT2D eigenvalue weighted by Gasteiger charge is 2.18. The van der Waals surface area contributed by atoms with Gasteiger partial charge in [-0.25, -0.2) is 4.99 Å². The fourth-order valence-electron chi connectivity index (χ4n) is 3.98. The molecule has 1 amide bonds. The van der Waals surface area contributed by atoms with E-state index in [4.69, 9.17) is 15.2 Å². The van der Waals surface area contributed by atoms with Crippen molar-refractivity contribution >= 4 is 17.3 Å². The molecule has 1 aliphatic heterocycles. The first-order chi connectivity index (χ1) is 18.0. The second kappa shape index (κ2) is 12.3. The summed E-state index contributed by atoms with van der Waals surface area (Å²) in [5.74, 6) is 0.770. The lowest BCUT2D eigenvalue weighted by Crippen LogP contribution is -2.34. The maximum absolute atomic E-state index is 13.0. The quantitative estimate of drug-likeness (QED) is 0.458. The standard InChI is InChI=1S/C29H34N6O2/c1-4-20(2)19-25(22-11-13-24(14-12-22)29(36)35-17-8-15-31-16-18-35)32-26(21(3)30)27-33-28(37-34-27)23-9-6-5-7-10-23/h5-7,9-14,19,31H,4,8,15-18,30H2,1-3H3/b20-19+,26-21+,32-25-. The fourth-order valence-corrected chi connectivity index (χ4v) is 3.98. The molecule has 3 N–H and O–H groups in total. The molecule has 4 rings (SSSR count). The lowest BCUT2D eigenvalue weighted by Gasteiger charge is -2.20. The lowest BCUT2D eigenvalue weighted by atomic mass is 10.0. The van der Waals surface area contributed by atoms with Gasteiger partial charge in [-0.3, -0.25) is 4.79 Å². The Bertz CT molecular complexity index is 1290. The predicted molar refractivity (Wildman–Crippen MR) is 147 cm³/mol. The Morgan fingerprint density at radius 1 is 1.08 bits per heavy atom. The van der Waals surface area contributed by atoms with Gasteiger partial charge in [0.1, 0.15) is 5.70 Å². The van der Waals surface area contributed by atoms with Gasteiger partial charge in [0.15, 0.2) is 0 Å². The van der Waals surface area contributed by atoms with Crippen LogP contribution in [0.15, 0.2) is 81.5 Å². The van der Waals surface area contributed by atoms with Crippen LogP contribution < -0.4 is 11.1 Å². The molecule has 1 aromatic heterocycles. The largest absolute Gasteiger partial charge is 0.400 e. The topological polar surface area (TPSA) is 110 Å². The molecule has 37 heavy (non-hydrogen) atoms. The number of carbonyl (C=O) groups excluding carboxylic acids is 1. The Kier molecular flexibility index (Phi) is 8.64. The molecule has 0 bridgehead atoms. The Morgan fingerprint density at radius 3 is 2.51 bits per heavy atom. The van der Waals surface area contributed by atoms with Crippen molar-refractivity contribution in [2.45, 2.75) is 33.6 Å².